The molecule has 6 nitrogen and oxygen atoms in total. The van der Waals surface area contributed by atoms with Crippen molar-refractivity contribution in [2.45, 2.75) is 26.2 Å². The second-order valence-electron chi connectivity index (χ2n) is 11.4. The summed E-state index contributed by atoms with van der Waals surface area (Å²) in [5, 5.41) is 0. The van der Waals surface area contributed by atoms with Crippen LogP contribution in [0.15, 0.2) is 78.9 Å². The highest BCUT2D eigenvalue weighted by Crippen LogP contribution is 2.23. The maximum absolute atomic E-state index is 13.5. The molecule has 0 bridgehead atoms. The maximum Gasteiger partial charge on any atom is 0.254 e. The monoisotopic (exact) mass is 557 g/mol. The number of piperazine rings is 1. The van der Waals surface area contributed by atoms with Gasteiger partial charge in [0.2, 0.25) is 0 Å². The van der Waals surface area contributed by atoms with Gasteiger partial charge in [0.05, 0.1) is 7.11 Å². The summed E-state index contributed by atoms with van der Waals surface area (Å²) in [5.74, 6) is 0.293. The SMILES string of the molecule is COc1ccccc1/C=C/CN(CCN1CCN(C(=O)c2ccc(C(C)(C)C)cc2)CC1)C(=O)c1ccc(F)cc1. The number of hydrogen-bond acceptors (Lipinski definition) is 4. The Balaban J connectivity index is 1.36. The molecule has 4 rings (SSSR count). The highest BCUT2D eigenvalue weighted by Gasteiger charge is 2.24. The van der Waals surface area contributed by atoms with E-state index in [0.29, 0.717) is 43.9 Å². The number of amides is 2. The molecule has 216 valence electrons. The molecule has 7 heteroatoms. The smallest absolute Gasteiger partial charge is 0.254 e. The second kappa shape index (κ2) is 13.6. The predicted octanol–water partition coefficient (Wildman–Crippen LogP) is 5.75. The minimum absolute atomic E-state index is 0.0450. The normalized spacial score (nSPS) is 14.3. The van der Waals surface area contributed by atoms with Crippen molar-refractivity contribution in [3.05, 3.63) is 107 Å². The van der Waals surface area contributed by atoms with Crippen LogP contribution in [-0.4, -0.2) is 79.4 Å². The van der Waals surface area contributed by atoms with Crippen LogP contribution >= 0.6 is 0 Å². The lowest BCUT2D eigenvalue weighted by molar-refractivity contribution is 0.0609. The summed E-state index contributed by atoms with van der Waals surface area (Å²) in [7, 11) is 1.63. The van der Waals surface area contributed by atoms with Crippen molar-refractivity contribution in [3.63, 3.8) is 0 Å². The van der Waals surface area contributed by atoms with Crippen LogP contribution in [0.4, 0.5) is 4.39 Å². The zero-order chi connectivity index (χ0) is 29.4. The number of carbonyl (C=O) groups is 2. The number of hydrogen-bond donors (Lipinski definition) is 0. The Bertz CT molecular complexity index is 1340. The van der Waals surface area contributed by atoms with E-state index in [4.69, 9.17) is 4.74 Å². The molecule has 1 fully saturated rings. The highest BCUT2D eigenvalue weighted by molar-refractivity contribution is 5.95. The van der Waals surface area contributed by atoms with Crippen LogP contribution in [0.3, 0.4) is 0 Å². The lowest BCUT2D eigenvalue weighted by Crippen LogP contribution is -2.50. The Morgan fingerprint density at radius 2 is 1.54 bits per heavy atom. The number of ether oxygens (including phenoxy) is 1. The van der Waals surface area contributed by atoms with Gasteiger partial charge in [-0.05, 0) is 53.4 Å². The van der Waals surface area contributed by atoms with Crippen LogP contribution < -0.4 is 4.74 Å². The Labute approximate surface area is 243 Å². The van der Waals surface area contributed by atoms with Crippen molar-refractivity contribution >= 4 is 17.9 Å². The summed E-state index contributed by atoms with van der Waals surface area (Å²) < 4.78 is 18.9. The van der Waals surface area contributed by atoms with Crippen molar-refractivity contribution in [1.82, 2.24) is 14.7 Å². The van der Waals surface area contributed by atoms with Crippen molar-refractivity contribution in [1.29, 1.82) is 0 Å². The van der Waals surface area contributed by atoms with Crippen molar-refractivity contribution in [3.8, 4) is 5.75 Å². The van der Waals surface area contributed by atoms with E-state index in [2.05, 4.69) is 25.7 Å². The Morgan fingerprint density at radius 1 is 0.902 bits per heavy atom. The third kappa shape index (κ3) is 8.04. The molecule has 0 aromatic heterocycles. The largest absolute Gasteiger partial charge is 0.496 e. The molecule has 0 spiro atoms. The average Bonchev–Trinajstić information content (AvgIpc) is 2.98. The first kappa shape index (κ1) is 30.0. The first-order valence-corrected chi connectivity index (χ1v) is 14.1. The van der Waals surface area contributed by atoms with Crippen molar-refractivity contribution < 1.29 is 18.7 Å². The molecule has 41 heavy (non-hydrogen) atoms. The molecular formula is C34H40FN3O3. The van der Waals surface area contributed by atoms with E-state index in [1.54, 1.807) is 12.0 Å². The quantitative estimate of drug-likeness (QED) is 0.337. The lowest BCUT2D eigenvalue weighted by atomic mass is 9.86. The molecule has 3 aromatic rings. The molecule has 0 radical (unpaired) electrons. The van der Waals surface area contributed by atoms with Crippen LogP contribution in [-0.2, 0) is 5.41 Å². The summed E-state index contributed by atoms with van der Waals surface area (Å²) >= 11 is 0. The van der Waals surface area contributed by atoms with Crippen molar-refractivity contribution in [2.75, 3.05) is 52.9 Å². The number of methoxy groups -OCH3 is 1. The zero-order valence-corrected chi connectivity index (χ0v) is 24.5. The van der Waals surface area contributed by atoms with E-state index >= 15 is 0 Å². The first-order valence-electron chi connectivity index (χ1n) is 14.1. The van der Waals surface area contributed by atoms with Gasteiger partial charge in [-0.25, -0.2) is 4.39 Å². The molecule has 0 aliphatic carbocycles. The number of rotatable bonds is 9. The maximum atomic E-state index is 13.5. The van der Waals surface area contributed by atoms with E-state index in [-0.39, 0.29) is 23.0 Å². The minimum Gasteiger partial charge on any atom is -0.496 e. The molecule has 0 saturated carbocycles. The van der Waals surface area contributed by atoms with Crippen LogP contribution in [0.2, 0.25) is 0 Å². The van der Waals surface area contributed by atoms with Gasteiger partial charge in [0.1, 0.15) is 11.6 Å². The molecule has 0 unspecified atom stereocenters. The van der Waals surface area contributed by atoms with Gasteiger partial charge in [-0.2, -0.15) is 0 Å². The summed E-state index contributed by atoms with van der Waals surface area (Å²) in [6, 6.07) is 21.3. The van der Waals surface area contributed by atoms with E-state index < -0.39 is 0 Å². The van der Waals surface area contributed by atoms with Crippen LogP contribution in [0.25, 0.3) is 6.08 Å². The summed E-state index contributed by atoms with van der Waals surface area (Å²) in [6.07, 6.45) is 3.89. The molecule has 0 atom stereocenters. The van der Waals surface area contributed by atoms with E-state index in [1.807, 2.05) is 65.6 Å². The number of carbonyl (C=O) groups excluding carboxylic acids is 2. The third-order valence-electron chi connectivity index (χ3n) is 7.48. The Hall–Kier alpha value is -3.97. The third-order valence-corrected chi connectivity index (χ3v) is 7.48. The fourth-order valence-electron chi connectivity index (χ4n) is 4.89. The topological polar surface area (TPSA) is 53.1 Å². The van der Waals surface area contributed by atoms with Gasteiger partial charge < -0.3 is 14.5 Å². The fraction of sp³-hybridized carbons (Fsp3) is 0.353. The standard InChI is InChI=1S/C34H40FN3O3/c1-34(2,3)29-15-11-27(12-16-29)33(40)38-24-21-36(22-25-38)20-23-37(32(39)28-13-17-30(35)18-14-28)19-7-9-26-8-5-6-10-31(26)41-4/h5-18H,19-25H2,1-4H3/b9-7+. The first-order chi connectivity index (χ1) is 19.7. The molecule has 1 aliphatic rings. The molecular weight excluding hydrogens is 517 g/mol. The van der Waals surface area contributed by atoms with E-state index in [0.717, 1.165) is 24.4 Å². The number of halogens is 1. The van der Waals surface area contributed by atoms with Gasteiger partial charge in [0.25, 0.3) is 11.8 Å². The van der Waals surface area contributed by atoms with Gasteiger partial charge in [-0.3, -0.25) is 14.5 Å². The van der Waals surface area contributed by atoms with Crippen LogP contribution in [0.1, 0.15) is 52.6 Å². The average molecular weight is 558 g/mol. The molecule has 0 N–H and O–H groups in total. The number of para-hydroxylation sites is 1. The molecule has 3 aromatic carbocycles. The molecule has 1 heterocycles. The van der Waals surface area contributed by atoms with Gasteiger partial charge in [0.15, 0.2) is 0 Å². The van der Waals surface area contributed by atoms with Crippen molar-refractivity contribution in [2.24, 2.45) is 0 Å². The second-order valence-corrected chi connectivity index (χ2v) is 11.4. The fourth-order valence-corrected chi connectivity index (χ4v) is 4.89. The Kier molecular flexibility index (Phi) is 9.95. The summed E-state index contributed by atoms with van der Waals surface area (Å²) in [5.41, 5.74) is 3.34. The van der Waals surface area contributed by atoms with Crippen LogP contribution in [0, 0.1) is 5.82 Å². The van der Waals surface area contributed by atoms with Gasteiger partial charge >= 0.3 is 0 Å². The summed E-state index contributed by atoms with van der Waals surface area (Å²) in [6.45, 7) is 10.8. The van der Waals surface area contributed by atoms with Crippen LogP contribution in [0.5, 0.6) is 5.75 Å². The van der Waals surface area contributed by atoms with Gasteiger partial charge in [-0.15, -0.1) is 0 Å². The van der Waals surface area contributed by atoms with E-state index in [9.17, 15) is 14.0 Å². The Morgan fingerprint density at radius 3 is 2.17 bits per heavy atom. The minimum atomic E-state index is -0.373. The number of benzene rings is 3. The van der Waals surface area contributed by atoms with Gasteiger partial charge in [0, 0.05) is 62.5 Å². The molecule has 1 saturated heterocycles. The van der Waals surface area contributed by atoms with E-state index in [1.165, 1.54) is 29.8 Å². The lowest BCUT2D eigenvalue weighted by Gasteiger charge is -2.36. The highest BCUT2D eigenvalue weighted by atomic mass is 19.1. The number of nitrogens with zero attached hydrogens (tertiary/aromatic N) is 3. The molecule has 2 amide bonds. The molecule has 1 aliphatic heterocycles. The summed E-state index contributed by atoms with van der Waals surface area (Å²) in [4.78, 5) is 32.4. The predicted molar refractivity (Wildman–Crippen MR) is 162 cm³/mol. The van der Waals surface area contributed by atoms with Gasteiger partial charge in [-0.1, -0.05) is 63.3 Å². The zero-order valence-electron chi connectivity index (χ0n) is 24.5.